The minimum atomic E-state index is 0.102. The van der Waals surface area contributed by atoms with Crippen LogP contribution in [-0.2, 0) is 6.42 Å². The van der Waals surface area contributed by atoms with E-state index in [9.17, 15) is 0 Å². The molecule has 0 bridgehead atoms. The maximum absolute atomic E-state index is 5.86. The van der Waals surface area contributed by atoms with Crippen LogP contribution in [0.15, 0.2) is 22.7 Å². The van der Waals surface area contributed by atoms with E-state index in [2.05, 4.69) is 10.1 Å². The van der Waals surface area contributed by atoms with Crippen molar-refractivity contribution in [3.63, 3.8) is 0 Å². The highest BCUT2D eigenvalue weighted by Gasteiger charge is 2.06. The molecular weight excluding hydrogens is 258 g/mol. The first-order chi connectivity index (χ1) is 7.15. The summed E-state index contributed by atoms with van der Waals surface area (Å²) in [6.45, 7) is 0. The normalized spacial score (nSPS) is 10.6. The first kappa shape index (κ1) is 10.7. The standard InChI is InChI=1S/C9H5Cl3N2O/c10-6-2-1-5(3-7(6)11)4-8-13-9(12)14-15-8/h1-3H,4H2. The summed E-state index contributed by atoms with van der Waals surface area (Å²) in [4.78, 5) is 3.87. The molecule has 1 aromatic carbocycles. The summed E-state index contributed by atoms with van der Waals surface area (Å²) < 4.78 is 4.87. The second-order valence-electron chi connectivity index (χ2n) is 2.88. The molecule has 0 spiro atoms. The van der Waals surface area contributed by atoms with Crippen molar-refractivity contribution >= 4 is 34.8 Å². The molecule has 0 radical (unpaired) electrons. The maximum Gasteiger partial charge on any atom is 0.263 e. The smallest absolute Gasteiger partial charge is 0.263 e. The van der Waals surface area contributed by atoms with Crippen molar-refractivity contribution in [2.45, 2.75) is 6.42 Å². The van der Waals surface area contributed by atoms with Gasteiger partial charge in [0, 0.05) is 0 Å². The molecule has 2 aromatic rings. The van der Waals surface area contributed by atoms with Gasteiger partial charge in [0.2, 0.25) is 5.89 Å². The SMILES string of the molecule is Clc1noc(Cc2ccc(Cl)c(Cl)c2)n1. The van der Waals surface area contributed by atoms with Crippen LogP contribution in [0.3, 0.4) is 0 Å². The first-order valence-corrected chi connectivity index (χ1v) is 5.20. The predicted octanol–water partition coefficient (Wildman–Crippen LogP) is 3.62. The fourth-order valence-corrected chi connectivity index (χ4v) is 1.58. The fraction of sp³-hybridized carbons (Fsp3) is 0.111. The van der Waals surface area contributed by atoms with Gasteiger partial charge >= 0.3 is 0 Å². The second-order valence-corrected chi connectivity index (χ2v) is 4.03. The fourth-order valence-electron chi connectivity index (χ4n) is 1.13. The summed E-state index contributed by atoms with van der Waals surface area (Å²) in [5, 5.41) is 4.59. The number of aromatic nitrogens is 2. The van der Waals surface area contributed by atoms with E-state index in [-0.39, 0.29) is 5.28 Å². The molecule has 0 aliphatic rings. The van der Waals surface area contributed by atoms with Gasteiger partial charge in [0.1, 0.15) is 0 Å². The van der Waals surface area contributed by atoms with E-state index in [1.807, 2.05) is 6.07 Å². The molecule has 3 nitrogen and oxygen atoms in total. The number of nitrogens with zero attached hydrogens (tertiary/aromatic N) is 2. The Balaban J connectivity index is 2.21. The monoisotopic (exact) mass is 262 g/mol. The van der Waals surface area contributed by atoms with Gasteiger partial charge in [-0.3, -0.25) is 0 Å². The van der Waals surface area contributed by atoms with E-state index < -0.39 is 0 Å². The van der Waals surface area contributed by atoms with Crippen LogP contribution in [0, 0.1) is 0 Å². The third-order valence-electron chi connectivity index (χ3n) is 1.78. The van der Waals surface area contributed by atoms with Crippen LogP contribution in [0.25, 0.3) is 0 Å². The molecule has 0 unspecified atom stereocenters. The van der Waals surface area contributed by atoms with Gasteiger partial charge in [-0.05, 0) is 34.5 Å². The number of hydrogen-bond donors (Lipinski definition) is 0. The average Bonchev–Trinajstić information content (AvgIpc) is 2.58. The van der Waals surface area contributed by atoms with Gasteiger partial charge in [-0.1, -0.05) is 29.3 Å². The van der Waals surface area contributed by atoms with E-state index in [1.165, 1.54) is 0 Å². The van der Waals surface area contributed by atoms with Crippen molar-refractivity contribution < 1.29 is 4.52 Å². The Morgan fingerprint density at radius 3 is 2.53 bits per heavy atom. The summed E-state index contributed by atoms with van der Waals surface area (Å²) in [6.07, 6.45) is 0.483. The minimum Gasteiger partial charge on any atom is -0.338 e. The van der Waals surface area contributed by atoms with Crippen molar-refractivity contribution in [1.82, 2.24) is 10.1 Å². The Kier molecular flexibility index (Phi) is 3.14. The van der Waals surface area contributed by atoms with Crippen molar-refractivity contribution in [2.75, 3.05) is 0 Å². The highest BCUT2D eigenvalue weighted by molar-refractivity contribution is 6.42. The van der Waals surface area contributed by atoms with Crippen LogP contribution in [0.5, 0.6) is 0 Å². The number of hydrogen-bond acceptors (Lipinski definition) is 3. The summed E-state index contributed by atoms with van der Waals surface area (Å²) in [6, 6.07) is 5.31. The van der Waals surface area contributed by atoms with E-state index in [0.717, 1.165) is 5.56 Å². The molecule has 0 saturated heterocycles. The quantitative estimate of drug-likeness (QED) is 0.830. The van der Waals surface area contributed by atoms with Crippen molar-refractivity contribution in [1.29, 1.82) is 0 Å². The summed E-state index contributed by atoms with van der Waals surface area (Å²) in [5.41, 5.74) is 0.935. The van der Waals surface area contributed by atoms with Crippen molar-refractivity contribution in [3.05, 3.63) is 45.0 Å². The Labute approximate surface area is 101 Å². The highest BCUT2D eigenvalue weighted by Crippen LogP contribution is 2.23. The Morgan fingerprint density at radius 1 is 1.13 bits per heavy atom. The van der Waals surface area contributed by atoms with E-state index in [4.69, 9.17) is 39.3 Å². The topological polar surface area (TPSA) is 38.9 Å². The Hall–Kier alpha value is -0.770. The zero-order valence-electron chi connectivity index (χ0n) is 7.38. The molecule has 0 aliphatic carbocycles. The molecule has 1 aromatic heterocycles. The highest BCUT2D eigenvalue weighted by atomic mass is 35.5. The molecule has 6 heteroatoms. The molecule has 78 valence electrons. The van der Waals surface area contributed by atoms with Crippen LogP contribution in [-0.4, -0.2) is 10.1 Å². The largest absolute Gasteiger partial charge is 0.338 e. The Morgan fingerprint density at radius 2 is 1.93 bits per heavy atom. The lowest BCUT2D eigenvalue weighted by atomic mass is 10.1. The number of halogens is 3. The molecular formula is C9H5Cl3N2O. The molecule has 0 amide bonds. The summed E-state index contributed by atoms with van der Waals surface area (Å²) >= 11 is 17.2. The second kappa shape index (κ2) is 4.39. The molecule has 0 aliphatic heterocycles. The Bertz CT molecular complexity index is 484. The van der Waals surface area contributed by atoms with E-state index >= 15 is 0 Å². The number of benzene rings is 1. The van der Waals surface area contributed by atoms with Gasteiger partial charge in [0.25, 0.3) is 5.28 Å². The molecule has 15 heavy (non-hydrogen) atoms. The van der Waals surface area contributed by atoms with Gasteiger partial charge in [0.05, 0.1) is 16.5 Å². The van der Waals surface area contributed by atoms with Crippen LogP contribution >= 0.6 is 34.8 Å². The molecule has 0 N–H and O–H groups in total. The molecule has 0 saturated carbocycles. The minimum absolute atomic E-state index is 0.102. The van der Waals surface area contributed by atoms with Gasteiger partial charge < -0.3 is 4.52 Å². The van der Waals surface area contributed by atoms with Gasteiger partial charge in [-0.2, -0.15) is 4.98 Å². The molecule has 0 atom stereocenters. The maximum atomic E-state index is 5.86. The van der Waals surface area contributed by atoms with E-state index in [0.29, 0.717) is 22.4 Å². The number of rotatable bonds is 2. The lowest BCUT2D eigenvalue weighted by Gasteiger charge is -1.99. The third-order valence-corrected chi connectivity index (χ3v) is 2.68. The molecule has 0 fully saturated rings. The van der Waals surface area contributed by atoms with Gasteiger partial charge in [-0.15, -0.1) is 0 Å². The van der Waals surface area contributed by atoms with Crippen LogP contribution in [0.1, 0.15) is 11.5 Å². The van der Waals surface area contributed by atoms with Crippen molar-refractivity contribution in [2.24, 2.45) is 0 Å². The van der Waals surface area contributed by atoms with Gasteiger partial charge in [0.15, 0.2) is 0 Å². The average molecular weight is 264 g/mol. The van der Waals surface area contributed by atoms with Crippen LogP contribution in [0.4, 0.5) is 0 Å². The first-order valence-electron chi connectivity index (χ1n) is 4.07. The van der Waals surface area contributed by atoms with Crippen LogP contribution in [0.2, 0.25) is 15.3 Å². The lowest BCUT2D eigenvalue weighted by Crippen LogP contribution is -1.88. The predicted molar refractivity (Wildman–Crippen MR) is 58.6 cm³/mol. The summed E-state index contributed by atoms with van der Waals surface area (Å²) in [5.74, 6) is 0.443. The van der Waals surface area contributed by atoms with Crippen molar-refractivity contribution in [3.8, 4) is 0 Å². The van der Waals surface area contributed by atoms with Crippen LogP contribution < -0.4 is 0 Å². The summed E-state index contributed by atoms with van der Waals surface area (Å²) in [7, 11) is 0. The zero-order chi connectivity index (χ0) is 10.8. The lowest BCUT2D eigenvalue weighted by molar-refractivity contribution is 0.384. The molecule has 2 rings (SSSR count). The molecule has 1 heterocycles. The van der Waals surface area contributed by atoms with Gasteiger partial charge in [-0.25, -0.2) is 0 Å². The third kappa shape index (κ3) is 2.62. The van der Waals surface area contributed by atoms with E-state index in [1.54, 1.807) is 12.1 Å². The zero-order valence-corrected chi connectivity index (χ0v) is 9.64.